The molecule has 2 aliphatic rings. The summed E-state index contributed by atoms with van der Waals surface area (Å²) in [6.07, 6.45) is 5.67. The van der Waals surface area contributed by atoms with E-state index in [9.17, 15) is 13.6 Å². The highest BCUT2D eigenvalue weighted by Gasteiger charge is 2.38. The van der Waals surface area contributed by atoms with Gasteiger partial charge in [0.15, 0.2) is 0 Å². The number of carbonyl (C=O) groups excluding carboxylic acids is 1. The second kappa shape index (κ2) is 7.30. The lowest BCUT2D eigenvalue weighted by atomic mass is 9.68. The first-order chi connectivity index (χ1) is 14.0. The van der Waals surface area contributed by atoms with Crippen molar-refractivity contribution in [3.8, 4) is 11.1 Å². The fourth-order valence-electron chi connectivity index (χ4n) is 4.70. The van der Waals surface area contributed by atoms with Crippen LogP contribution in [0.4, 0.5) is 14.5 Å². The molecular weight excluding hydrogens is 386 g/mol. The predicted octanol–water partition coefficient (Wildman–Crippen LogP) is 3.87. The molecule has 30 heavy (non-hydrogen) atoms. The first kappa shape index (κ1) is 20.7. The van der Waals surface area contributed by atoms with Crippen LogP contribution in [0.15, 0.2) is 30.6 Å². The summed E-state index contributed by atoms with van der Waals surface area (Å²) < 4.78 is 27.9. The molecule has 2 heterocycles. The molecule has 1 aromatic carbocycles. The molecule has 1 amide bonds. The Morgan fingerprint density at radius 2 is 1.83 bits per heavy atom. The number of pyridine rings is 1. The van der Waals surface area contributed by atoms with Gasteiger partial charge in [0.05, 0.1) is 11.3 Å². The van der Waals surface area contributed by atoms with Crippen molar-refractivity contribution in [1.82, 2.24) is 10.3 Å². The van der Waals surface area contributed by atoms with E-state index in [2.05, 4.69) is 24.1 Å². The van der Waals surface area contributed by atoms with Gasteiger partial charge in [0.2, 0.25) is 0 Å². The average molecular weight is 415 g/mol. The predicted molar refractivity (Wildman–Crippen MR) is 113 cm³/mol. The lowest BCUT2D eigenvalue weighted by Crippen LogP contribution is -2.48. The molecule has 0 radical (unpaired) electrons. The maximum atomic E-state index is 13.9. The summed E-state index contributed by atoms with van der Waals surface area (Å²) in [6.45, 7) is 7.51. The molecule has 4 rings (SSSR count). The second-order valence-electron chi connectivity index (χ2n) is 9.81. The zero-order chi connectivity index (χ0) is 21.7. The summed E-state index contributed by atoms with van der Waals surface area (Å²) >= 11 is 0. The van der Waals surface area contributed by atoms with Crippen LogP contribution in [0.25, 0.3) is 11.1 Å². The van der Waals surface area contributed by atoms with Crippen LogP contribution in [-0.2, 0) is 0 Å². The molecule has 7 heteroatoms. The lowest BCUT2D eigenvalue weighted by molar-refractivity contribution is 0.0803. The molecule has 1 atom stereocenters. The second-order valence-corrected chi connectivity index (χ2v) is 9.81. The van der Waals surface area contributed by atoms with Gasteiger partial charge in [-0.05, 0) is 49.3 Å². The minimum Gasteiger partial charge on any atom is -0.368 e. The number of hydrogen-bond acceptors (Lipinski definition) is 4. The van der Waals surface area contributed by atoms with Gasteiger partial charge in [0.1, 0.15) is 11.6 Å². The number of nitrogens with two attached hydrogens (primary N) is 1. The van der Waals surface area contributed by atoms with Crippen LogP contribution in [0, 0.1) is 17.0 Å². The van der Waals surface area contributed by atoms with Gasteiger partial charge in [-0.25, -0.2) is 8.78 Å². The number of halogens is 2. The number of amides is 1. The molecule has 5 nitrogen and oxygen atoms in total. The minimum absolute atomic E-state index is 0.119. The van der Waals surface area contributed by atoms with Crippen molar-refractivity contribution in [3.05, 3.63) is 47.8 Å². The van der Waals surface area contributed by atoms with Gasteiger partial charge in [0.25, 0.3) is 5.91 Å². The van der Waals surface area contributed by atoms with Crippen molar-refractivity contribution in [3.63, 3.8) is 0 Å². The monoisotopic (exact) mass is 414 g/mol. The molecular formula is C23H28F2N4O. The van der Waals surface area contributed by atoms with Crippen molar-refractivity contribution in [2.45, 2.75) is 51.6 Å². The van der Waals surface area contributed by atoms with Crippen LogP contribution in [0.2, 0.25) is 0 Å². The number of rotatable bonds is 4. The Morgan fingerprint density at radius 3 is 2.40 bits per heavy atom. The minimum atomic E-state index is -0.674. The fraction of sp³-hybridized carbons (Fsp3) is 0.478. The Balaban J connectivity index is 1.75. The number of hydrogen-bond donors (Lipinski definition) is 2. The van der Waals surface area contributed by atoms with Gasteiger partial charge >= 0.3 is 0 Å². The van der Waals surface area contributed by atoms with Crippen molar-refractivity contribution < 1.29 is 13.6 Å². The van der Waals surface area contributed by atoms with E-state index >= 15 is 0 Å². The third-order valence-electron chi connectivity index (χ3n) is 6.09. The molecule has 160 valence electrons. The van der Waals surface area contributed by atoms with E-state index in [1.165, 1.54) is 18.3 Å². The molecule has 2 fully saturated rings. The molecule has 1 aromatic heterocycles. The van der Waals surface area contributed by atoms with E-state index in [0.717, 1.165) is 25.3 Å². The van der Waals surface area contributed by atoms with E-state index in [-0.39, 0.29) is 17.4 Å². The molecule has 1 aliphatic carbocycles. The van der Waals surface area contributed by atoms with E-state index in [1.54, 1.807) is 6.20 Å². The van der Waals surface area contributed by atoms with Gasteiger partial charge in [-0.1, -0.05) is 13.8 Å². The number of anilines is 1. The number of nitrogens with one attached hydrogen (secondary N) is 1. The summed E-state index contributed by atoms with van der Waals surface area (Å²) in [6, 6.07) is 3.47. The van der Waals surface area contributed by atoms with E-state index in [0.29, 0.717) is 35.5 Å². The van der Waals surface area contributed by atoms with E-state index in [4.69, 9.17) is 5.73 Å². The van der Waals surface area contributed by atoms with Crippen LogP contribution in [0.5, 0.6) is 0 Å². The Kier molecular flexibility index (Phi) is 5.04. The number of aromatic nitrogens is 1. The number of carbonyl (C=O) groups is 1. The zero-order valence-corrected chi connectivity index (χ0v) is 17.6. The Labute approximate surface area is 175 Å². The third-order valence-corrected chi connectivity index (χ3v) is 6.09. The smallest absolute Gasteiger partial charge is 0.255 e. The van der Waals surface area contributed by atoms with E-state index in [1.807, 2.05) is 11.8 Å². The van der Waals surface area contributed by atoms with Gasteiger partial charge in [-0.3, -0.25) is 9.78 Å². The van der Waals surface area contributed by atoms with Gasteiger partial charge < -0.3 is 16.0 Å². The highest BCUT2D eigenvalue weighted by molar-refractivity contribution is 6.03. The maximum absolute atomic E-state index is 13.9. The molecule has 1 aliphatic heterocycles. The van der Waals surface area contributed by atoms with Crippen molar-refractivity contribution in [2.24, 2.45) is 11.1 Å². The molecule has 3 N–H and O–H groups in total. The molecule has 0 bridgehead atoms. The van der Waals surface area contributed by atoms with Crippen LogP contribution in [0.3, 0.4) is 0 Å². The van der Waals surface area contributed by atoms with Crippen LogP contribution >= 0.6 is 0 Å². The molecule has 2 aromatic rings. The normalized spacial score (nSPS) is 23.3. The SMILES string of the molecule is CC1(C)CC(NC(=O)c2cncc(-c3cc(F)cc(F)c3)c2N2CC[C@](C)(N)C2)C1. The number of benzene rings is 1. The first-order valence-electron chi connectivity index (χ1n) is 10.3. The van der Waals surface area contributed by atoms with E-state index < -0.39 is 17.2 Å². The molecule has 1 saturated heterocycles. The van der Waals surface area contributed by atoms with Gasteiger partial charge in [0, 0.05) is 48.7 Å². The molecule has 0 unspecified atom stereocenters. The Hall–Kier alpha value is -2.54. The van der Waals surface area contributed by atoms with Gasteiger partial charge in [-0.15, -0.1) is 0 Å². The zero-order valence-electron chi connectivity index (χ0n) is 17.6. The van der Waals surface area contributed by atoms with Crippen molar-refractivity contribution in [2.75, 3.05) is 18.0 Å². The molecule has 0 spiro atoms. The summed E-state index contributed by atoms with van der Waals surface area (Å²) in [5.74, 6) is -1.57. The van der Waals surface area contributed by atoms with Crippen LogP contribution in [-0.4, -0.2) is 35.6 Å². The van der Waals surface area contributed by atoms with Gasteiger partial charge in [-0.2, -0.15) is 0 Å². The fourth-order valence-corrected chi connectivity index (χ4v) is 4.70. The summed E-state index contributed by atoms with van der Waals surface area (Å²) in [5.41, 5.74) is 8.06. The standard InChI is InChI=1S/C23H28F2N4O/c1-22(2)9-17(10-22)28-21(30)19-12-27-11-18(14-6-15(24)8-16(25)7-14)20(19)29-5-4-23(3,26)13-29/h6-8,11-12,17H,4-5,9-10,13,26H2,1-3H3,(H,28,30)/t23-/m0/s1. The first-order valence-corrected chi connectivity index (χ1v) is 10.3. The maximum Gasteiger partial charge on any atom is 0.255 e. The quantitative estimate of drug-likeness (QED) is 0.797. The Morgan fingerprint density at radius 1 is 1.17 bits per heavy atom. The summed E-state index contributed by atoms with van der Waals surface area (Å²) in [5, 5.41) is 3.09. The summed E-state index contributed by atoms with van der Waals surface area (Å²) in [4.78, 5) is 19.4. The molecule has 1 saturated carbocycles. The topological polar surface area (TPSA) is 71.2 Å². The van der Waals surface area contributed by atoms with Crippen LogP contribution in [0.1, 0.15) is 50.4 Å². The highest BCUT2D eigenvalue weighted by atomic mass is 19.1. The average Bonchev–Trinajstić information content (AvgIpc) is 2.98. The van der Waals surface area contributed by atoms with Crippen molar-refractivity contribution in [1.29, 1.82) is 0 Å². The highest BCUT2D eigenvalue weighted by Crippen LogP contribution is 2.41. The lowest BCUT2D eigenvalue weighted by Gasteiger charge is -2.43. The largest absolute Gasteiger partial charge is 0.368 e. The Bertz CT molecular complexity index is 961. The summed E-state index contributed by atoms with van der Waals surface area (Å²) in [7, 11) is 0. The third kappa shape index (κ3) is 4.17. The van der Waals surface area contributed by atoms with Crippen molar-refractivity contribution >= 4 is 11.6 Å². The number of nitrogens with zero attached hydrogens (tertiary/aromatic N) is 2. The van der Waals surface area contributed by atoms with Crippen LogP contribution < -0.4 is 16.0 Å².